The van der Waals surface area contributed by atoms with Crippen LogP contribution in [0.2, 0.25) is 0 Å². The lowest BCUT2D eigenvalue weighted by Gasteiger charge is -2.34. The number of H-pyrrole nitrogens is 1. The Balaban J connectivity index is 1.32. The molecule has 0 unspecified atom stereocenters. The van der Waals surface area contributed by atoms with Gasteiger partial charge in [0.25, 0.3) is 11.8 Å². The first-order valence-corrected chi connectivity index (χ1v) is 9.40. The van der Waals surface area contributed by atoms with Gasteiger partial charge in [-0.1, -0.05) is 6.07 Å². The molecule has 9 heteroatoms. The van der Waals surface area contributed by atoms with Crippen molar-refractivity contribution < 1.29 is 18.0 Å². The second-order valence-corrected chi connectivity index (χ2v) is 6.93. The molecule has 150 valence electrons. The van der Waals surface area contributed by atoms with E-state index in [1.165, 1.54) is 12.3 Å². The lowest BCUT2D eigenvalue weighted by atomic mass is 10.2. The molecule has 30 heavy (non-hydrogen) atoms. The fourth-order valence-electron chi connectivity index (χ4n) is 3.62. The number of carbonyl (C=O) groups is 1. The van der Waals surface area contributed by atoms with Crippen LogP contribution >= 0.6 is 0 Å². The third kappa shape index (κ3) is 2.99. The summed E-state index contributed by atoms with van der Waals surface area (Å²) in [5, 5.41) is 9.81. The van der Waals surface area contributed by atoms with E-state index in [0.717, 1.165) is 0 Å². The highest BCUT2D eigenvalue weighted by Crippen LogP contribution is 2.29. The standard InChI is InChI=1S/C21H16FN5O3/c22-14-3-1-4-15-13(14)11-16(24-15)20(28)26-6-8-27(9-7-26)21-17(12-23)25-19(30-21)18-5-2-10-29-18/h1-5,10-11,24H,6-9H2. The number of piperazine rings is 1. The van der Waals surface area contributed by atoms with Crippen molar-refractivity contribution in [3.8, 4) is 17.7 Å². The number of nitrogens with zero attached hydrogens (tertiary/aromatic N) is 4. The number of aromatic nitrogens is 2. The van der Waals surface area contributed by atoms with E-state index < -0.39 is 0 Å². The maximum atomic E-state index is 13.9. The molecule has 8 nitrogen and oxygen atoms in total. The molecule has 5 rings (SSSR count). The van der Waals surface area contributed by atoms with Crippen LogP contribution in [0.5, 0.6) is 0 Å². The number of hydrogen-bond donors (Lipinski definition) is 1. The van der Waals surface area contributed by atoms with Crippen LogP contribution in [-0.2, 0) is 0 Å². The van der Waals surface area contributed by atoms with Gasteiger partial charge < -0.3 is 23.6 Å². The number of halogens is 1. The van der Waals surface area contributed by atoms with Crippen LogP contribution in [0.4, 0.5) is 10.3 Å². The number of rotatable bonds is 3. The normalized spacial score (nSPS) is 14.3. The Morgan fingerprint density at radius 2 is 2.03 bits per heavy atom. The Bertz CT molecular complexity index is 1260. The molecule has 1 aliphatic heterocycles. The van der Waals surface area contributed by atoms with Crippen molar-refractivity contribution in [2.24, 2.45) is 0 Å². The SMILES string of the molecule is N#Cc1nc(-c2ccco2)oc1N1CCN(C(=O)c2cc3c(F)cccc3[nH]2)CC1. The van der Waals surface area contributed by atoms with Gasteiger partial charge in [0.05, 0.1) is 6.26 Å². The van der Waals surface area contributed by atoms with E-state index in [9.17, 15) is 14.4 Å². The number of aromatic amines is 1. The van der Waals surface area contributed by atoms with Gasteiger partial charge in [-0.25, -0.2) is 4.39 Å². The smallest absolute Gasteiger partial charge is 0.270 e. The summed E-state index contributed by atoms with van der Waals surface area (Å²) in [6, 6.07) is 11.7. The summed E-state index contributed by atoms with van der Waals surface area (Å²) >= 11 is 0. The number of benzene rings is 1. The molecule has 1 N–H and O–H groups in total. The number of nitriles is 1. The quantitative estimate of drug-likeness (QED) is 0.561. The maximum Gasteiger partial charge on any atom is 0.270 e. The molecule has 1 fully saturated rings. The number of fused-ring (bicyclic) bond motifs is 1. The van der Waals surface area contributed by atoms with E-state index in [-0.39, 0.29) is 23.3 Å². The second-order valence-electron chi connectivity index (χ2n) is 6.93. The lowest BCUT2D eigenvalue weighted by Crippen LogP contribution is -2.49. The summed E-state index contributed by atoms with van der Waals surface area (Å²) in [6.07, 6.45) is 1.51. The fraction of sp³-hybridized carbons (Fsp3) is 0.190. The number of amides is 1. The molecule has 1 aliphatic rings. The summed E-state index contributed by atoms with van der Waals surface area (Å²) in [6.45, 7) is 1.81. The van der Waals surface area contributed by atoms with Crippen LogP contribution in [0, 0.1) is 17.1 Å². The summed E-state index contributed by atoms with van der Waals surface area (Å²) < 4.78 is 25.0. The molecule has 0 spiro atoms. The average Bonchev–Trinajstić information content (AvgIpc) is 3.52. The van der Waals surface area contributed by atoms with Gasteiger partial charge in [-0.3, -0.25) is 4.79 Å². The molecule has 1 aromatic carbocycles. The van der Waals surface area contributed by atoms with Gasteiger partial charge in [-0.2, -0.15) is 10.2 Å². The largest absolute Gasteiger partial charge is 0.459 e. The van der Waals surface area contributed by atoms with E-state index in [0.29, 0.717) is 54.4 Å². The summed E-state index contributed by atoms with van der Waals surface area (Å²) in [5.41, 5.74) is 1.11. The molecule has 0 saturated carbocycles. The van der Waals surface area contributed by atoms with Gasteiger partial charge in [0.15, 0.2) is 5.76 Å². The average molecular weight is 405 g/mol. The minimum atomic E-state index is -0.366. The van der Waals surface area contributed by atoms with E-state index in [1.54, 1.807) is 35.2 Å². The van der Waals surface area contributed by atoms with Gasteiger partial charge in [0.1, 0.15) is 17.6 Å². The van der Waals surface area contributed by atoms with Crippen molar-refractivity contribution in [2.45, 2.75) is 0 Å². The number of oxazole rings is 1. The number of hydrogen-bond acceptors (Lipinski definition) is 6. The highest BCUT2D eigenvalue weighted by atomic mass is 19.1. The molecule has 0 bridgehead atoms. The molecule has 4 aromatic rings. The Morgan fingerprint density at radius 3 is 2.73 bits per heavy atom. The third-order valence-electron chi connectivity index (χ3n) is 5.14. The number of anilines is 1. The Hall–Kier alpha value is -4.06. The third-order valence-corrected chi connectivity index (χ3v) is 5.14. The highest BCUT2D eigenvalue weighted by molar-refractivity contribution is 5.98. The zero-order valence-corrected chi connectivity index (χ0v) is 15.8. The van der Waals surface area contributed by atoms with Crippen LogP contribution in [-0.4, -0.2) is 47.0 Å². The predicted molar refractivity (Wildman–Crippen MR) is 105 cm³/mol. The van der Waals surface area contributed by atoms with Crippen LogP contribution in [0.15, 0.2) is 51.5 Å². The monoisotopic (exact) mass is 405 g/mol. The van der Waals surface area contributed by atoms with Crippen molar-refractivity contribution in [1.82, 2.24) is 14.9 Å². The minimum absolute atomic E-state index is 0.173. The van der Waals surface area contributed by atoms with Crippen LogP contribution in [0.25, 0.3) is 22.6 Å². The number of nitrogens with one attached hydrogen (secondary N) is 1. The first kappa shape index (κ1) is 18.0. The van der Waals surface area contributed by atoms with Crippen LogP contribution in [0.3, 0.4) is 0 Å². The van der Waals surface area contributed by atoms with Crippen LogP contribution < -0.4 is 4.90 Å². The van der Waals surface area contributed by atoms with Crippen molar-refractivity contribution in [3.63, 3.8) is 0 Å². The molecule has 0 aliphatic carbocycles. The Morgan fingerprint density at radius 1 is 1.20 bits per heavy atom. The zero-order valence-electron chi connectivity index (χ0n) is 15.8. The van der Waals surface area contributed by atoms with Gasteiger partial charge in [-0.15, -0.1) is 0 Å². The second kappa shape index (κ2) is 7.08. The highest BCUT2D eigenvalue weighted by Gasteiger charge is 2.28. The van der Waals surface area contributed by atoms with Gasteiger partial charge in [0.2, 0.25) is 11.6 Å². The summed E-state index contributed by atoms with van der Waals surface area (Å²) in [4.78, 5) is 23.6. The van der Waals surface area contributed by atoms with Crippen molar-refractivity contribution in [3.05, 3.63) is 59.9 Å². The molecule has 0 radical (unpaired) electrons. The van der Waals surface area contributed by atoms with Gasteiger partial charge >= 0.3 is 0 Å². The van der Waals surface area contributed by atoms with Gasteiger partial charge in [-0.05, 0) is 30.3 Å². The minimum Gasteiger partial charge on any atom is -0.459 e. The molecular formula is C21H16FN5O3. The van der Waals surface area contributed by atoms with E-state index in [1.807, 2.05) is 11.0 Å². The number of furan rings is 1. The maximum absolute atomic E-state index is 13.9. The van der Waals surface area contributed by atoms with E-state index in [2.05, 4.69) is 9.97 Å². The first-order valence-electron chi connectivity index (χ1n) is 9.40. The van der Waals surface area contributed by atoms with Crippen molar-refractivity contribution in [1.29, 1.82) is 5.26 Å². The van der Waals surface area contributed by atoms with E-state index >= 15 is 0 Å². The van der Waals surface area contributed by atoms with Gasteiger partial charge in [0, 0.05) is 37.1 Å². The Kier molecular flexibility index (Phi) is 4.25. The van der Waals surface area contributed by atoms with Crippen molar-refractivity contribution in [2.75, 3.05) is 31.1 Å². The Labute approximate surface area is 170 Å². The molecule has 0 atom stereocenters. The summed E-state index contributed by atoms with van der Waals surface area (Å²) in [5.74, 6) is 0.486. The predicted octanol–water partition coefficient (Wildman–Crippen LogP) is 3.39. The van der Waals surface area contributed by atoms with Crippen LogP contribution in [0.1, 0.15) is 16.2 Å². The molecule has 1 amide bonds. The topological polar surface area (TPSA) is 102 Å². The fourth-order valence-corrected chi connectivity index (χ4v) is 3.62. The molecule has 1 saturated heterocycles. The van der Waals surface area contributed by atoms with Crippen molar-refractivity contribution >= 4 is 22.7 Å². The summed E-state index contributed by atoms with van der Waals surface area (Å²) in [7, 11) is 0. The van der Waals surface area contributed by atoms with E-state index in [4.69, 9.17) is 8.83 Å². The molecular weight excluding hydrogens is 389 g/mol. The lowest BCUT2D eigenvalue weighted by molar-refractivity contribution is 0.0740. The first-order chi connectivity index (χ1) is 14.6. The molecule has 4 heterocycles. The molecule has 3 aromatic heterocycles. The number of carbonyl (C=O) groups excluding carboxylic acids is 1. The zero-order chi connectivity index (χ0) is 20.7.